The van der Waals surface area contributed by atoms with Gasteiger partial charge in [0.15, 0.2) is 11.0 Å². The molecule has 0 spiro atoms. The Kier molecular flexibility index (Phi) is 2.72. The molecule has 1 atom stereocenters. The number of nitrogens with one attached hydrogen (secondary N) is 1. The van der Waals surface area contributed by atoms with Crippen molar-refractivity contribution in [3.05, 3.63) is 12.2 Å². The van der Waals surface area contributed by atoms with Crippen molar-refractivity contribution in [2.75, 3.05) is 6.54 Å². The van der Waals surface area contributed by atoms with Gasteiger partial charge in [-0.05, 0) is 0 Å². The van der Waals surface area contributed by atoms with Gasteiger partial charge in [-0.1, -0.05) is 18.7 Å². The number of nitrogens with zero attached hydrogens (tertiary/aromatic N) is 4. The molecule has 0 fully saturated rings. The molecule has 0 aliphatic carbocycles. The van der Waals surface area contributed by atoms with Gasteiger partial charge in [0, 0.05) is 12.3 Å². The molecular weight excluding hydrogens is 198 g/mol. The highest BCUT2D eigenvalue weighted by Gasteiger charge is 2.14. The number of hydrogen-bond donors (Lipinski definition) is 1. The number of amidine groups is 1. The first-order chi connectivity index (χ1) is 6.74. The van der Waals surface area contributed by atoms with Crippen LogP contribution in [-0.2, 0) is 13.6 Å². The Hall–Kier alpha value is -1.04. The Labute approximate surface area is 87.0 Å². The van der Waals surface area contributed by atoms with Gasteiger partial charge in [-0.15, -0.1) is 0 Å². The molecule has 14 heavy (non-hydrogen) atoms. The van der Waals surface area contributed by atoms with Gasteiger partial charge in [0.05, 0.1) is 13.1 Å². The van der Waals surface area contributed by atoms with Crippen molar-refractivity contribution in [3.8, 4) is 0 Å². The molecule has 0 saturated carbocycles. The summed E-state index contributed by atoms with van der Waals surface area (Å²) in [4.78, 5) is 8.47. The number of rotatable bonds is 2. The smallest absolute Gasteiger partial charge is 0.169 e. The van der Waals surface area contributed by atoms with Gasteiger partial charge in [-0.3, -0.25) is 9.67 Å². The number of aromatic nitrogens is 3. The van der Waals surface area contributed by atoms with Crippen molar-refractivity contribution in [1.29, 1.82) is 0 Å². The summed E-state index contributed by atoms with van der Waals surface area (Å²) >= 11 is 1.77. The number of aliphatic imine (C=N–C) groups is 1. The van der Waals surface area contributed by atoms with Gasteiger partial charge in [0.2, 0.25) is 0 Å². The molecule has 2 heterocycles. The van der Waals surface area contributed by atoms with Crippen LogP contribution in [0.3, 0.4) is 0 Å². The van der Waals surface area contributed by atoms with E-state index in [1.807, 2.05) is 7.05 Å². The van der Waals surface area contributed by atoms with Crippen molar-refractivity contribution < 1.29 is 0 Å². The molecule has 0 radical (unpaired) electrons. The first-order valence-electron chi connectivity index (χ1n) is 4.53. The molecule has 6 heteroatoms. The van der Waals surface area contributed by atoms with Crippen LogP contribution in [0.15, 0.2) is 11.3 Å². The Morgan fingerprint density at radius 3 is 3.14 bits per heavy atom. The topological polar surface area (TPSA) is 55.1 Å². The Morgan fingerprint density at radius 1 is 1.71 bits per heavy atom. The van der Waals surface area contributed by atoms with Crippen molar-refractivity contribution in [2.45, 2.75) is 18.7 Å². The quantitative estimate of drug-likeness (QED) is 0.769. The Bertz CT molecular complexity index is 345. The maximum Gasteiger partial charge on any atom is 0.169 e. The van der Waals surface area contributed by atoms with Crippen LogP contribution in [0.5, 0.6) is 0 Å². The van der Waals surface area contributed by atoms with Gasteiger partial charge in [0.1, 0.15) is 6.33 Å². The van der Waals surface area contributed by atoms with E-state index in [-0.39, 0.29) is 0 Å². The molecule has 1 unspecified atom stereocenters. The van der Waals surface area contributed by atoms with Crippen molar-refractivity contribution >= 4 is 16.9 Å². The minimum Gasteiger partial charge on any atom is -0.358 e. The third-order valence-electron chi connectivity index (χ3n) is 1.85. The molecule has 0 saturated heterocycles. The molecular formula is C8H13N5S. The second-order valence-corrected chi connectivity index (χ2v) is 4.69. The van der Waals surface area contributed by atoms with Gasteiger partial charge in [-0.2, -0.15) is 5.10 Å². The van der Waals surface area contributed by atoms with Crippen LogP contribution >= 0.6 is 11.8 Å². The normalized spacial score (nSPS) is 21.0. The molecule has 1 aliphatic heterocycles. The zero-order chi connectivity index (χ0) is 9.97. The summed E-state index contributed by atoms with van der Waals surface area (Å²) < 4.78 is 1.70. The van der Waals surface area contributed by atoms with Gasteiger partial charge < -0.3 is 5.32 Å². The summed E-state index contributed by atoms with van der Waals surface area (Å²) in [6.45, 7) is 3.73. The molecule has 1 aromatic heterocycles. The molecule has 0 bridgehead atoms. The molecule has 1 aromatic rings. The molecule has 0 aromatic carbocycles. The SMILES string of the molecule is CC1CN=C(NCc2ncn(C)n2)S1. The highest BCUT2D eigenvalue weighted by Crippen LogP contribution is 2.18. The largest absolute Gasteiger partial charge is 0.358 e. The fourth-order valence-electron chi connectivity index (χ4n) is 1.19. The van der Waals surface area contributed by atoms with Gasteiger partial charge in [-0.25, -0.2) is 4.98 Å². The maximum absolute atomic E-state index is 4.34. The molecule has 76 valence electrons. The van der Waals surface area contributed by atoms with E-state index in [1.54, 1.807) is 22.8 Å². The van der Waals surface area contributed by atoms with Crippen LogP contribution in [0.25, 0.3) is 0 Å². The molecule has 2 rings (SSSR count). The zero-order valence-corrected chi connectivity index (χ0v) is 9.08. The van der Waals surface area contributed by atoms with E-state index >= 15 is 0 Å². The van der Waals surface area contributed by atoms with Crippen LogP contribution in [0.2, 0.25) is 0 Å². The average molecular weight is 211 g/mol. The number of hydrogen-bond acceptors (Lipinski definition) is 5. The van der Waals surface area contributed by atoms with Crippen LogP contribution in [0.1, 0.15) is 12.7 Å². The third kappa shape index (κ3) is 2.25. The molecule has 0 amide bonds. The van der Waals surface area contributed by atoms with Gasteiger partial charge in [0.25, 0.3) is 0 Å². The Morgan fingerprint density at radius 2 is 2.57 bits per heavy atom. The third-order valence-corrected chi connectivity index (χ3v) is 2.90. The second kappa shape index (κ2) is 4.00. The second-order valence-electron chi connectivity index (χ2n) is 3.26. The van der Waals surface area contributed by atoms with Crippen LogP contribution in [-0.4, -0.2) is 31.7 Å². The van der Waals surface area contributed by atoms with E-state index in [0.29, 0.717) is 11.8 Å². The monoisotopic (exact) mass is 211 g/mol. The number of thioether (sulfide) groups is 1. The van der Waals surface area contributed by atoms with Crippen LogP contribution < -0.4 is 5.32 Å². The van der Waals surface area contributed by atoms with E-state index < -0.39 is 0 Å². The molecule has 5 nitrogen and oxygen atoms in total. The predicted octanol–water partition coefficient (Wildman–Crippen LogP) is 0.396. The highest BCUT2D eigenvalue weighted by atomic mass is 32.2. The molecule has 1 N–H and O–H groups in total. The zero-order valence-electron chi connectivity index (χ0n) is 8.27. The lowest BCUT2D eigenvalue weighted by molar-refractivity contribution is 0.730. The fraction of sp³-hybridized carbons (Fsp3) is 0.625. The van der Waals surface area contributed by atoms with Crippen molar-refractivity contribution in [2.24, 2.45) is 12.0 Å². The van der Waals surface area contributed by atoms with Crippen LogP contribution in [0, 0.1) is 0 Å². The number of aryl methyl sites for hydroxylation is 1. The first-order valence-corrected chi connectivity index (χ1v) is 5.41. The average Bonchev–Trinajstić information content (AvgIpc) is 2.72. The highest BCUT2D eigenvalue weighted by molar-refractivity contribution is 8.14. The summed E-state index contributed by atoms with van der Waals surface area (Å²) in [5.41, 5.74) is 0. The van der Waals surface area contributed by atoms with E-state index in [4.69, 9.17) is 0 Å². The van der Waals surface area contributed by atoms with E-state index in [0.717, 1.165) is 17.5 Å². The predicted molar refractivity (Wildman–Crippen MR) is 57.2 cm³/mol. The summed E-state index contributed by atoms with van der Waals surface area (Å²) in [6.07, 6.45) is 1.70. The van der Waals surface area contributed by atoms with E-state index in [9.17, 15) is 0 Å². The lowest BCUT2D eigenvalue weighted by Gasteiger charge is -2.02. The minimum atomic E-state index is 0.592. The van der Waals surface area contributed by atoms with Gasteiger partial charge >= 0.3 is 0 Å². The van der Waals surface area contributed by atoms with E-state index in [1.165, 1.54) is 0 Å². The Balaban J connectivity index is 1.83. The molecule has 1 aliphatic rings. The minimum absolute atomic E-state index is 0.592. The maximum atomic E-state index is 4.34. The summed E-state index contributed by atoms with van der Waals surface area (Å²) in [6, 6.07) is 0. The van der Waals surface area contributed by atoms with Crippen LogP contribution in [0.4, 0.5) is 0 Å². The first kappa shape index (κ1) is 9.51. The standard InChI is InChI=1S/C8H13N5S/c1-6-3-9-8(14-6)10-4-7-11-5-13(2)12-7/h5-6H,3-4H2,1-2H3,(H,9,10). The van der Waals surface area contributed by atoms with E-state index in [2.05, 4.69) is 27.3 Å². The van der Waals surface area contributed by atoms with Crippen molar-refractivity contribution in [3.63, 3.8) is 0 Å². The lowest BCUT2D eigenvalue weighted by Crippen LogP contribution is -2.19. The summed E-state index contributed by atoms with van der Waals surface area (Å²) in [5, 5.41) is 8.98. The fourth-order valence-corrected chi connectivity index (χ4v) is 2.03. The summed E-state index contributed by atoms with van der Waals surface area (Å²) in [5.74, 6) is 0.801. The lowest BCUT2D eigenvalue weighted by atomic mass is 10.5. The van der Waals surface area contributed by atoms with Crippen molar-refractivity contribution in [1.82, 2.24) is 20.1 Å². The summed E-state index contributed by atoms with van der Waals surface area (Å²) in [7, 11) is 1.86.